The Bertz CT molecular complexity index is 1080. The summed E-state index contributed by atoms with van der Waals surface area (Å²) >= 11 is 0. The van der Waals surface area contributed by atoms with Crippen LogP contribution in [0.1, 0.15) is 37.3 Å². The molecule has 198 valence electrons. The molecular formula is C28H37N5O4. The largest absolute Gasteiger partial charge is 0.497 e. The third-order valence-corrected chi connectivity index (χ3v) is 7.09. The van der Waals surface area contributed by atoms with Gasteiger partial charge in [-0.25, -0.2) is 14.8 Å². The average Bonchev–Trinajstić information content (AvgIpc) is 2.91. The first-order chi connectivity index (χ1) is 17.9. The van der Waals surface area contributed by atoms with Crippen molar-refractivity contribution < 1.29 is 19.1 Å². The molecule has 2 heterocycles. The molecule has 2 saturated heterocycles. The molecule has 0 unspecified atom stereocenters. The minimum atomic E-state index is -0.562. The normalized spacial score (nSPS) is 20.1. The van der Waals surface area contributed by atoms with Crippen molar-refractivity contribution in [2.24, 2.45) is 0 Å². The standard InChI is InChI=1S/C28H37N5O4/c1-4-5-11-24-27(35)31(17-16-21-9-7-6-8-10-21)19-25-32(24)26(34)20-30(2)33(25)28(36)29-18-22-12-14-23(37-3)15-13-22/h6-10,12-15,24-25H,4-5,11,16-20H2,1-3H3,(H,29,36)/t24-,25-/m0/s1. The van der Waals surface area contributed by atoms with Gasteiger partial charge in [0.1, 0.15) is 18.0 Å². The van der Waals surface area contributed by atoms with E-state index in [4.69, 9.17) is 4.74 Å². The minimum Gasteiger partial charge on any atom is -0.497 e. The Hall–Kier alpha value is -3.59. The molecular weight excluding hydrogens is 470 g/mol. The molecule has 2 fully saturated rings. The monoisotopic (exact) mass is 507 g/mol. The first kappa shape index (κ1) is 26.5. The van der Waals surface area contributed by atoms with Crippen molar-refractivity contribution in [1.82, 2.24) is 25.1 Å². The third kappa shape index (κ3) is 6.05. The highest BCUT2D eigenvalue weighted by Crippen LogP contribution is 2.28. The van der Waals surface area contributed by atoms with Crippen LogP contribution < -0.4 is 10.1 Å². The lowest BCUT2D eigenvalue weighted by Gasteiger charge is -2.54. The summed E-state index contributed by atoms with van der Waals surface area (Å²) in [6.07, 6.45) is 2.50. The number of carbonyl (C=O) groups is 3. The summed E-state index contributed by atoms with van der Waals surface area (Å²) in [5, 5.41) is 6.25. The highest BCUT2D eigenvalue weighted by Gasteiger charge is 2.50. The maximum atomic E-state index is 13.6. The van der Waals surface area contributed by atoms with Crippen LogP contribution in [-0.4, -0.2) is 83.7 Å². The number of benzene rings is 2. The van der Waals surface area contributed by atoms with Crippen LogP contribution >= 0.6 is 0 Å². The SMILES string of the molecule is CCCC[C@H]1C(=O)N(CCc2ccccc2)C[C@H]2N1C(=O)CN(C)N2C(=O)NCc1ccc(OC)cc1. The number of carbonyl (C=O) groups excluding carboxylic acids is 3. The van der Waals surface area contributed by atoms with Gasteiger partial charge in [0.05, 0.1) is 20.2 Å². The smallest absolute Gasteiger partial charge is 0.334 e. The highest BCUT2D eigenvalue weighted by atomic mass is 16.5. The fraction of sp³-hybridized carbons (Fsp3) is 0.464. The van der Waals surface area contributed by atoms with Crippen LogP contribution in [0.2, 0.25) is 0 Å². The summed E-state index contributed by atoms with van der Waals surface area (Å²) in [5.41, 5.74) is 2.08. The molecule has 0 saturated carbocycles. The van der Waals surface area contributed by atoms with Gasteiger partial charge in [-0.15, -0.1) is 0 Å². The number of urea groups is 1. The Morgan fingerprint density at radius 1 is 1.05 bits per heavy atom. The third-order valence-electron chi connectivity index (χ3n) is 7.09. The summed E-state index contributed by atoms with van der Waals surface area (Å²) in [4.78, 5) is 43.7. The molecule has 4 rings (SSSR count). The van der Waals surface area contributed by atoms with E-state index in [0.29, 0.717) is 25.9 Å². The molecule has 1 N–H and O–H groups in total. The lowest BCUT2D eigenvalue weighted by atomic mass is 10.0. The number of piperazine rings is 1. The number of hydrogen-bond acceptors (Lipinski definition) is 5. The van der Waals surface area contributed by atoms with Crippen LogP contribution in [0.15, 0.2) is 54.6 Å². The number of amides is 4. The Morgan fingerprint density at radius 3 is 2.46 bits per heavy atom. The van der Waals surface area contributed by atoms with Gasteiger partial charge in [0, 0.05) is 20.1 Å². The number of methoxy groups -OCH3 is 1. The maximum Gasteiger partial charge on any atom is 0.334 e. The van der Waals surface area contributed by atoms with Crippen LogP contribution in [0, 0.1) is 0 Å². The topological polar surface area (TPSA) is 85.4 Å². The fourth-order valence-electron chi connectivity index (χ4n) is 5.09. The van der Waals surface area contributed by atoms with Crippen molar-refractivity contribution in [3.63, 3.8) is 0 Å². The van der Waals surface area contributed by atoms with Gasteiger partial charge < -0.3 is 19.9 Å². The van der Waals surface area contributed by atoms with E-state index in [2.05, 4.69) is 12.2 Å². The quantitative estimate of drug-likeness (QED) is 0.564. The zero-order valence-electron chi connectivity index (χ0n) is 21.9. The van der Waals surface area contributed by atoms with Gasteiger partial charge in [-0.2, -0.15) is 0 Å². The molecule has 2 aromatic rings. The van der Waals surface area contributed by atoms with E-state index in [0.717, 1.165) is 29.7 Å². The van der Waals surface area contributed by atoms with Crippen molar-refractivity contribution in [2.45, 2.75) is 51.4 Å². The molecule has 0 aliphatic carbocycles. The number of fused-ring (bicyclic) bond motifs is 1. The molecule has 0 spiro atoms. The summed E-state index contributed by atoms with van der Waals surface area (Å²) < 4.78 is 5.21. The van der Waals surface area contributed by atoms with E-state index in [-0.39, 0.29) is 30.9 Å². The van der Waals surface area contributed by atoms with Crippen molar-refractivity contribution in [3.8, 4) is 5.75 Å². The molecule has 2 atom stereocenters. The van der Waals surface area contributed by atoms with Crippen molar-refractivity contribution >= 4 is 17.8 Å². The molecule has 2 aliphatic rings. The van der Waals surface area contributed by atoms with Crippen molar-refractivity contribution in [1.29, 1.82) is 0 Å². The number of hydrazine groups is 1. The van der Waals surface area contributed by atoms with Gasteiger partial charge >= 0.3 is 6.03 Å². The molecule has 2 aliphatic heterocycles. The zero-order valence-corrected chi connectivity index (χ0v) is 21.9. The molecule has 37 heavy (non-hydrogen) atoms. The maximum absolute atomic E-state index is 13.6. The number of nitrogens with zero attached hydrogens (tertiary/aromatic N) is 4. The predicted molar refractivity (Wildman–Crippen MR) is 140 cm³/mol. The van der Waals surface area contributed by atoms with Gasteiger partial charge in [-0.3, -0.25) is 9.59 Å². The molecule has 9 heteroatoms. The zero-order chi connectivity index (χ0) is 26.4. The predicted octanol–water partition coefficient (Wildman–Crippen LogP) is 2.87. The summed E-state index contributed by atoms with van der Waals surface area (Å²) in [6.45, 7) is 3.27. The Morgan fingerprint density at radius 2 is 1.78 bits per heavy atom. The summed E-state index contributed by atoms with van der Waals surface area (Å²) in [7, 11) is 3.36. The van der Waals surface area contributed by atoms with Crippen LogP contribution in [0.3, 0.4) is 0 Å². The average molecular weight is 508 g/mol. The lowest BCUT2D eigenvalue weighted by molar-refractivity contribution is -0.187. The van der Waals surface area contributed by atoms with Crippen LogP contribution in [0.5, 0.6) is 5.75 Å². The second kappa shape index (κ2) is 12.1. The van der Waals surface area contributed by atoms with Crippen LogP contribution in [0.25, 0.3) is 0 Å². The van der Waals surface area contributed by atoms with Gasteiger partial charge in [0.25, 0.3) is 0 Å². The van der Waals surface area contributed by atoms with Gasteiger partial charge in [0.2, 0.25) is 11.8 Å². The molecule has 4 amide bonds. The lowest BCUT2D eigenvalue weighted by Crippen LogP contribution is -2.76. The van der Waals surface area contributed by atoms with Gasteiger partial charge in [-0.1, -0.05) is 62.2 Å². The minimum absolute atomic E-state index is 0.0304. The van der Waals surface area contributed by atoms with E-state index in [1.54, 1.807) is 29.1 Å². The molecule has 2 aromatic carbocycles. The number of likely N-dealkylation sites (N-methyl/N-ethyl adjacent to an activating group) is 1. The van der Waals surface area contributed by atoms with Gasteiger partial charge in [-0.05, 0) is 36.1 Å². The number of hydrogen-bond donors (Lipinski definition) is 1. The van der Waals surface area contributed by atoms with Crippen LogP contribution in [-0.2, 0) is 22.6 Å². The van der Waals surface area contributed by atoms with Crippen molar-refractivity contribution in [2.75, 3.05) is 33.8 Å². The first-order valence-corrected chi connectivity index (χ1v) is 13.0. The molecule has 0 bridgehead atoms. The second-order valence-electron chi connectivity index (χ2n) is 9.63. The number of nitrogens with one attached hydrogen (secondary N) is 1. The summed E-state index contributed by atoms with van der Waals surface area (Å²) in [5.74, 6) is 0.599. The van der Waals surface area contributed by atoms with E-state index < -0.39 is 12.2 Å². The number of unbranched alkanes of at least 4 members (excludes halogenated alkanes) is 1. The number of rotatable bonds is 9. The van der Waals surface area contributed by atoms with Crippen LogP contribution in [0.4, 0.5) is 4.79 Å². The van der Waals surface area contributed by atoms with Gasteiger partial charge in [0.15, 0.2) is 0 Å². The highest BCUT2D eigenvalue weighted by molar-refractivity contribution is 5.91. The Labute approximate surface area is 218 Å². The van der Waals surface area contributed by atoms with E-state index >= 15 is 0 Å². The molecule has 0 aromatic heterocycles. The van der Waals surface area contributed by atoms with Crippen molar-refractivity contribution in [3.05, 3.63) is 65.7 Å². The van der Waals surface area contributed by atoms with E-state index in [1.165, 1.54) is 0 Å². The summed E-state index contributed by atoms with van der Waals surface area (Å²) in [6, 6.07) is 16.7. The second-order valence-corrected chi connectivity index (χ2v) is 9.63. The molecule has 9 nitrogen and oxygen atoms in total. The van der Waals surface area contributed by atoms with E-state index in [9.17, 15) is 14.4 Å². The fourth-order valence-corrected chi connectivity index (χ4v) is 5.09. The Kier molecular flexibility index (Phi) is 8.66. The molecule has 0 radical (unpaired) electrons. The number of ether oxygens (including phenoxy) is 1. The van der Waals surface area contributed by atoms with E-state index in [1.807, 2.05) is 59.5 Å². The first-order valence-electron chi connectivity index (χ1n) is 13.0. The Balaban J connectivity index is 1.53.